The predicted molar refractivity (Wildman–Crippen MR) is 88.9 cm³/mol. The first kappa shape index (κ1) is 17.2. The van der Waals surface area contributed by atoms with Gasteiger partial charge in [0.05, 0.1) is 5.69 Å². The van der Waals surface area contributed by atoms with E-state index in [-0.39, 0.29) is 10.7 Å². The van der Waals surface area contributed by atoms with Gasteiger partial charge in [0.2, 0.25) is 0 Å². The van der Waals surface area contributed by atoms with E-state index in [2.05, 4.69) is 25.8 Å². The Morgan fingerprint density at radius 3 is 3.00 bits per heavy atom. The lowest BCUT2D eigenvalue weighted by Crippen LogP contribution is -2.46. The van der Waals surface area contributed by atoms with E-state index >= 15 is 0 Å². The van der Waals surface area contributed by atoms with Crippen molar-refractivity contribution in [1.29, 1.82) is 5.26 Å². The SMILES string of the molecule is N#C/C(=C/Nc1cccnc1Cl)C(=O)NCCN1CCNCC1. The summed E-state index contributed by atoms with van der Waals surface area (Å²) in [6.45, 7) is 5.15. The summed E-state index contributed by atoms with van der Waals surface area (Å²) in [6.07, 6.45) is 2.90. The maximum atomic E-state index is 12.0. The molecule has 0 aliphatic carbocycles. The number of aromatic nitrogens is 1. The molecule has 1 amide bonds. The molecule has 1 fully saturated rings. The van der Waals surface area contributed by atoms with E-state index in [1.165, 1.54) is 6.20 Å². The molecule has 8 heteroatoms. The van der Waals surface area contributed by atoms with Crippen LogP contribution in [0.1, 0.15) is 0 Å². The molecule has 0 radical (unpaired) electrons. The molecule has 1 aromatic rings. The molecule has 0 spiro atoms. The van der Waals surface area contributed by atoms with Crippen LogP contribution in [0.4, 0.5) is 5.69 Å². The van der Waals surface area contributed by atoms with E-state index in [4.69, 9.17) is 16.9 Å². The number of carbonyl (C=O) groups is 1. The Labute approximate surface area is 140 Å². The Morgan fingerprint density at radius 1 is 1.52 bits per heavy atom. The number of nitrogens with zero attached hydrogens (tertiary/aromatic N) is 3. The summed E-state index contributed by atoms with van der Waals surface area (Å²) in [5.74, 6) is -0.407. The van der Waals surface area contributed by atoms with Gasteiger partial charge in [0.15, 0.2) is 5.15 Å². The number of piperazine rings is 1. The molecule has 3 N–H and O–H groups in total. The highest BCUT2D eigenvalue weighted by atomic mass is 35.5. The number of nitrogens with one attached hydrogen (secondary N) is 3. The van der Waals surface area contributed by atoms with Crippen LogP contribution in [0.5, 0.6) is 0 Å². The molecule has 0 aromatic carbocycles. The number of pyridine rings is 1. The largest absolute Gasteiger partial charge is 0.358 e. The topological polar surface area (TPSA) is 93.1 Å². The van der Waals surface area contributed by atoms with Crippen LogP contribution in [-0.4, -0.2) is 55.1 Å². The van der Waals surface area contributed by atoms with Gasteiger partial charge in [0, 0.05) is 51.7 Å². The van der Waals surface area contributed by atoms with Gasteiger partial charge < -0.3 is 16.0 Å². The highest BCUT2D eigenvalue weighted by molar-refractivity contribution is 6.32. The average Bonchev–Trinajstić information content (AvgIpc) is 2.58. The predicted octanol–water partition coefficient (Wildman–Crippen LogP) is 0.576. The Morgan fingerprint density at radius 2 is 2.30 bits per heavy atom. The summed E-state index contributed by atoms with van der Waals surface area (Å²) >= 11 is 5.90. The first-order valence-electron chi connectivity index (χ1n) is 7.39. The van der Waals surface area contributed by atoms with Crippen molar-refractivity contribution in [3.8, 4) is 6.07 Å². The van der Waals surface area contributed by atoms with Gasteiger partial charge in [0.25, 0.3) is 5.91 Å². The summed E-state index contributed by atoms with van der Waals surface area (Å²) in [5.41, 5.74) is 0.528. The van der Waals surface area contributed by atoms with E-state index in [0.29, 0.717) is 12.2 Å². The number of nitriles is 1. The zero-order valence-corrected chi connectivity index (χ0v) is 13.4. The third-order valence-corrected chi connectivity index (χ3v) is 3.72. The molecule has 1 saturated heterocycles. The molecule has 7 nitrogen and oxygen atoms in total. The summed E-state index contributed by atoms with van der Waals surface area (Å²) in [4.78, 5) is 18.2. The van der Waals surface area contributed by atoms with Gasteiger partial charge in [-0.15, -0.1) is 0 Å². The maximum Gasteiger partial charge on any atom is 0.263 e. The molecule has 0 bridgehead atoms. The molecule has 0 unspecified atom stereocenters. The van der Waals surface area contributed by atoms with Crippen LogP contribution in [0.15, 0.2) is 30.1 Å². The Bertz CT molecular complexity index is 606. The Balaban J connectivity index is 1.82. The minimum atomic E-state index is -0.407. The number of hydrogen-bond acceptors (Lipinski definition) is 6. The van der Waals surface area contributed by atoms with E-state index in [1.54, 1.807) is 18.3 Å². The molecule has 1 aromatic heterocycles. The fraction of sp³-hybridized carbons (Fsp3) is 0.400. The number of rotatable bonds is 6. The third kappa shape index (κ3) is 5.53. The fourth-order valence-corrected chi connectivity index (χ4v) is 2.32. The highest BCUT2D eigenvalue weighted by Crippen LogP contribution is 2.17. The van der Waals surface area contributed by atoms with Gasteiger partial charge in [-0.1, -0.05) is 11.6 Å². The van der Waals surface area contributed by atoms with Crippen molar-refractivity contribution in [2.45, 2.75) is 0 Å². The molecule has 0 saturated carbocycles. The van der Waals surface area contributed by atoms with Crippen molar-refractivity contribution >= 4 is 23.2 Å². The van der Waals surface area contributed by atoms with Crippen LogP contribution < -0.4 is 16.0 Å². The summed E-state index contributed by atoms with van der Waals surface area (Å²) in [6, 6.07) is 5.30. The standard InChI is InChI=1S/C15H19ClN6O/c16-14-13(2-1-3-19-14)21-11-12(10-17)15(23)20-6-9-22-7-4-18-5-8-22/h1-3,11,18,21H,4-9H2,(H,20,23)/b12-11-. The van der Waals surface area contributed by atoms with Crippen LogP contribution in [0.2, 0.25) is 5.15 Å². The van der Waals surface area contributed by atoms with Crippen molar-refractivity contribution in [2.24, 2.45) is 0 Å². The first-order valence-corrected chi connectivity index (χ1v) is 7.77. The molecule has 0 atom stereocenters. The molecule has 23 heavy (non-hydrogen) atoms. The number of halogens is 1. The number of anilines is 1. The molecular weight excluding hydrogens is 316 g/mol. The van der Waals surface area contributed by atoms with Gasteiger partial charge in [0.1, 0.15) is 11.6 Å². The Hall–Kier alpha value is -2.14. The van der Waals surface area contributed by atoms with Crippen molar-refractivity contribution in [3.63, 3.8) is 0 Å². The van der Waals surface area contributed by atoms with Gasteiger partial charge >= 0.3 is 0 Å². The second-order valence-corrected chi connectivity index (χ2v) is 5.36. The van der Waals surface area contributed by atoms with Gasteiger partial charge in [-0.3, -0.25) is 9.69 Å². The first-order chi connectivity index (χ1) is 11.2. The van der Waals surface area contributed by atoms with Crippen LogP contribution in [0, 0.1) is 11.3 Å². The van der Waals surface area contributed by atoms with Crippen molar-refractivity contribution in [3.05, 3.63) is 35.3 Å². The highest BCUT2D eigenvalue weighted by Gasteiger charge is 2.12. The van der Waals surface area contributed by atoms with Crippen molar-refractivity contribution < 1.29 is 4.79 Å². The van der Waals surface area contributed by atoms with Crippen LogP contribution in [-0.2, 0) is 4.79 Å². The number of hydrogen-bond donors (Lipinski definition) is 3. The second-order valence-electron chi connectivity index (χ2n) is 5.00. The van der Waals surface area contributed by atoms with E-state index < -0.39 is 5.91 Å². The summed E-state index contributed by atoms with van der Waals surface area (Å²) in [5, 5.41) is 18.2. The second kappa shape index (κ2) is 9.10. The third-order valence-electron chi connectivity index (χ3n) is 3.42. The summed E-state index contributed by atoms with van der Waals surface area (Å²) < 4.78 is 0. The van der Waals surface area contributed by atoms with E-state index in [9.17, 15) is 4.79 Å². The lowest BCUT2D eigenvalue weighted by molar-refractivity contribution is -0.117. The van der Waals surface area contributed by atoms with Crippen molar-refractivity contribution in [2.75, 3.05) is 44.6 Å². The lowest BCUT2D eigenvalue weighted by Gasteiger charge is -2.27. The van der Waals surface area contributed by atoms with Gasteiger partial charge in [-0.25, -0.2) is 4.98 Å². The molecule has 1 aliphatic rings. The van der Waals surface area contributed by atoms with Crippen LogP contribution in [0.25, 0.3) is 0 Å². The van der Waals surface area contributed by atoms with Crippen LogP contribution >= 0.6 is 11.6 Å². The number of amides is 1. The minimum Gasteiger partial charge on any atom is -0.358 e. The summed E-state index contributed by atoms with van der Waals surface area (Å²) in [7, 11) is 0. The molecule has 122 valence electrons. The smallest absolute Gasteiger partial charge is 0.263 e. The molecule has 2 rings (SSSR count). The van der Waals surface area contributed by atoms with E-state index in [1.807, 2.05) is 6.07 Å². The molecular formula is C15H19ClN6O. The zero-order valence-electron chi connectivity index (χ0n) is 12.7. The minimum absolute atomic E-state index is 0.00905. The monoisotopic (exact) mass is 334 g/mol. The molecule has 2 heterocycles. The van der Waals surface area contributed by atoms with E-state index in [0.717, 1.165) is 32.7 Å². The van der Waals surface area contributed by atoms with Gasteiger partial charge in [-0.2, -0.15) is 5.26 Å². The normalized spacial score (nSPS) is 15.7. The van der Waals surface area contributed by atoms with Crippen molar-refractivity contribution in [1.82, 2.24) is 20.5 Å². The van der Waals surface area contributed by atoms with Crippen LogP contribution in [0.3, 0.4) is 0 Å². The zero-order chi connectivity index (χ0) is 16.5. The Kier molecular flexibility index (Phi) is 6.81. The van der Waals surface area contributed by atoms with Gasteiger partial charge in [-0.05, 0) is 12.1 Å². The maximum absolute atomic E-state index is 12.0. The average molecular weight is 335 g/mol. The quantitative estimate of drug-likeness (QED) is 0.400. The fourth-order valence-electron chi connectivity index (χ4n) is 2.15. The lowest BCUT2D eigenvalue weighted by atomic mass is 10.3. The molecule has 1 aliphatic heterocycles. The number of carbonyl (C=O) groups excluding carboxylic acids is 1.